The average molecular weight is 229 g/mol. The van der Waals surface area contributed by atoms with Crippen molar-refractivity contribution in [2.24, 2.45) is 0 Å². The lowest BCUT2D eigenvalue weighted by atomic mass is 10.5. The first-order valence-electron chi connectivity index (χ1n) is 4.18. The molecule has 0 aromatic heterocycles. The van der Waals surface area contributed by atoms with Crippen LogP contribution in [0.15, 0.2) is 0 Å². The summed E-state index contributed by atoms with van der Waals surface area (Å²) in [5.41, 5.74) is 0. The highest BCUT2D eigenvalue weighted by atomic mass is 28.4. The highest BCUT2D eigenvalue weighted by Gasteiger charge is 2.33. The summed E-state index contributed by atoms with van der Waals surface area (Å²) < 4.78 is 41.3. The van der Waals surface area contributed by atoms with E-state index in [1.165, 1.54) is 0 Å². The van der Waals surface area contributed by atoms with Crippen molar-refractivity contribution >= 4 is 17.4 Å². The van der Waals surface area contributed by atoms with Gasteiger partial charge in [0, 0.05) is 6.42 Å². The first-order chi connectivity index (χ1) is 5.62. The molecule has 0 aliphatic heterocycles. The molecule has 6 heteroatoms. The zero-order chi connectivity index (χ0) is 10.7. The van der Waals surface area contributed by atoms with Crippen molar-refractivity contribution in [1.82, 2.24) is 0 Å². The SMILES string of the molecule is C[Si](C)O[Si](C)(C)CCC(F)(F)F. The van der Waals surface area contributed by atoms with E-state index in [1.807, 2.05) is 26.2 Å². The van der Waals surface area contributed by atoms with Crippen LogP contribution in [0.25, 0.3) is 0 Å². The molecule has 0 aromatic rings. The molecule has 0 saturated carbocycles. The first-order valence-corrected chi connectivity index (χ1v) is 9.71. The highest BCUT2D eigenvalue weighted by molar-refractivity contribution is 6.77. The van der Waals surface area contributed by atoms with Crippen molar-refractivity contribution in [3.8, 4) is 0 Å². The normalized spacial score (nSPS) is 13.8. The minimum absolute atomic E-state index is 0.173. The van der Waals surface area contributed by atoms with E-state index in [1.54, 1.807) is 0 Å². The number of alkyl halides is 3. The molecule has 0 aliphatic rings. The predicted molar refractivity (Wildman–Crippen MR) is 51.5 cm³/mol. The minimum Gasteiger partial charge on any atom is -0.456 e. The molecule has 0 unspecified atom stereocenters. The lowest BCUT2D eigenvalue weighted by Gasteiger charge is -2.25. The van der Waals surface area contributed by atoms with E-state index in [0.29, 0.717) is 0 Å². The summed E-state index contributed by atoms with van der Waals surface area (Å²) in [4.78, 5) is 0. The molecule has 0 aliphatic carbocycles. The average Bonchev–Trinajstić information content (AvgIpc) is 1.79. The summed E-state index contributed by atoms with van der Waals surface area (Å²) >= 11 is 0. The van der Waals surface area contributed by atoms with Gasteiger partial charge in [0.2, 0.25) is 0 Å². The van der Waals surface area contributed by atoms with Crippen LogP contribution in [-0.2, 0) is 4.12 Å². The van der Waals surface area contributed by atoms with Crippen LogP contribution in [0, 0.1) is 0 Å². The van der Waals surface area contributed by atoms with E-state index < -0.39 is 30.0 Å². The first kappa shape index (κ1) is 13.2. The predicted octanol–water partition coefficient (Wildman–Crippen LogP) is 3.41. The molecule has 79 valence electrons. The summed E-state index contributed by atoms with van der Waals surface area (Å²) in [6.45, 7) is 7.59. The van der Waals surface area contributed by atoms with Gasteiger partial charge in [0.25, 0.3) is 0 Å². The minimum atomic E-state index is -4.04. The van der Waals surface area contributed by atoms with Crippen LogP contribution in [0.2, 0.25) is 32.2 Å². The molecule has 0 fully saturated rings. The number of hydrogen-bond donors (Lipinski definition) is 0. The highest BCUT2D eigenvalue weighted by Crippen LogP contribution is 2.26. The van der Waals surface area contributed by atoms with Crippen LogP contribution in [0.3, 0.4) is 0 Å². The third-order valence-electron chi connectivity index (χ3n) is 1.49. The Morgan fingerprint density at radius 3 is 2.00 bits per heavy atom. The van der Waals surface area contributed by atoms with Gasteiger partial charge in [0.05, 0.1) is 0 Å². The Hall–Kier alpha value is 0.184. The Kier molecular flexibility index (Phi) is 4.67. The third kappa shape index (κ3) is 8.51. The molecule has 1 nitrogen and oxygen atoms in total. The van der Waals surface area contributed by atoms with Crippen LogP contribution in [0.1, 0.15) is 6.42 Å². The van der Waals surface area contributed by atoms with Gasteiger partial charge in [-0.25, -0.2) is 0 Å². The molecule has 0 heterocycles. The molecule has 0 amide bonds. The van der Waals surface area contributed by atoms with Crippen molar-refractivity contribution in [2.45, 2.75) is 44.8 Å². The van der Waals surface area contributed by atoms with Gasteiger partial charge in [0.1, 0.15) is 0 Å². The molecule has 0 aromatic carbocycles. The van der Waals surface area contributed by atoms with E-state index in [-0.39, 0.29) is 6.04 Å². The molecular weight excluding hydrogens is 213 g/mol. The zero-order valence-electron chi connectivity index (χ0n) is 8.46. The van der Waals surface area contributed by atoms with Crippen LogP contribution < -0.4 is 0 Å². The Morgan fingerprint density at radius 1 is 1.23 bits per heavy atom. The van der Waals surface area contributed by atoms with Crippen molar-refractivity contribution in [2.75, 3.05) is 0 Å². The van der Waals surface area contributed by atoms with Gasteiger partial charge in [0.15, 0.2) is 17.4 Å². The maximum Gasteiger partial charge on any atom is 0.388 e. The molecule has 0 atom stereocenters. The van der Waals surface area contributed by atoms with Gasteiger partial charge in [-0.1, -0.05) is 0 Å². The third-order valence-corrected chi connectivity index (χ3v) is 6.79. The molecule has 1 radical (unpaired) electrons. The standard InChI is InChI=1S/C7H16F3OSi2/c1-12(2)11-13(3,4)6-5-7(8,9)10/h5-6H2,1-4H3. The summed E-state index contributed by atoms with van der Waals surface area (Å²) in [6, 6.07) is 0.173. The van der Waals surface area contributed by atoms with Crippen LogP contribution in [-0.4, -0.2) is 23.5 Å². The lowest BCUT2D eigenvalue weighted by molar-refractivity contribution is -0.131. The Bertz CT molecular complexity index is 156. The second-order valence-corrected chi connectivity index (χ2v) is 10.5. The summed E-state index contributed by atoms with van der Waals surface area (Å²) in [5, 5.41) is 0. The van der Waals surface area contributed by atoms with Crippen LogP contribution in [0.5, 0.6) is 0 Å². The largest absolute Gasteiger partial charge is 0.456 e. The monoisotopic (exact) mass is 229 g/mol. The number of hydrogen-bond acceptors (Lipinski definition) is 1. The number of rotatable bonds is 4. The fourth-order valence-corrected chi connectivity index (χ4v) is 6.76. The maximum atomic E-state index is 11.9. The Labute approximate surface area is 80.1 Å². The van der Waals surface area contributed by atoms with Crippen LogP contribution in [0.4, 0.5) is 13.2 Å². The zero-order valence-corrected chi connectivity index (χ0v) is 10.5. The van der Waals surface area contributed by atoms with E-state index in [9.17, 15) is 13.2 Å². The summed E-state index contributed by atoms with van der Waals surface area (Å²) in [7, 11) is -2.92. The van der Waals surface area contributed by atoms with Crippen molar-refractivity contribution in [3.05, 3.63) is 0 Å². The Balaban J connectivity index is 3.89. The molecule has 0 N–H and O–H groups in total. The van der Waals surface area contributed by atoms with Gasteiger partial charge in [-0.05, 0) is 32.2 Å². The van der Waals surface area contributed by atoms with E-state index in [4.69, 9.17) is 4.12 Å². The second kappa shape index (κ2) is 4.61. The van der Waals surface area contributed by atoms with Crippen LogP contribution >= 0.6 is 0 Å². The van der Waals surface area contributed by atoms with E-state index >= 15 is 0 Å². The van der Waals surface area contributed by atoms with Gasteiger partial charge in [-0.2, -0.15) is 13.2 Å². The molecule has 0 spiro atoms. The van der Waals surface area contributed by atoms with Gasteiger partial charge >= 0.3 is 6.18 Å². The summed E-state index contributed by atoms with van der Waals surface area (Å²) in [6.07, 6.45) is -4.75. The molecular formula is C7H16F3OSi2. The molecule has 13 heavy (non-hydrogen) atoms. The second-order valence-electron chi connectivity index (χ2n) is 3.89. The van der Waals surface area contributed by atoms with Gasteiger partial charge in [-0.3, -0.25) is 0 Å². The number of halogens is 3. The topological polar surface area (TPSA) is 9.23 Å². The molecule has 0 rings (SSSR count). The smallest absolute Gasteiger partial charge is 0.388 e. The molecule has 0 saturated heterocycles. The van der Waals surface area contributed by atoms with Crippen molar-refractivity contribution in [1.29, 1.82) is 0 Å². The van der Waals surface area contributed by atoms with Gasteiger partial charge in [-0.15, -0.1) is 0 Å². The van der Waals surface area contributed by atoms with Gasteiger partial charge < -0.3 is 4.12 Å². The molecule has 0 bridgehead atoms. The quantitative estimate of drug-likeness (QED) is 0.671. The Morgan fingerprint density at radius 2 is 1.69 bits per heavy atom. The van der Waals surface area contributed by atoms with Crippen molar-refractivity contribution in [3.63, 3.8) is 0 Å². The van der Waals surface area contributed by atoms with E-state index in [2.05, 4.69) is 0 Å². The fourth-order valence-electron chi connectivity index (χ4n) is 1.05. The van der Waals surface area contributed by atoms with Crippen molar-refractivity contribution < 1.29 is 17.3 Å². The maximum absolute atomic E-state index is 11.9. The lowest BCUT2D eigenvalue weighted by Crippen LogP contribution is -2.36. The summed E-state index contributed by atoms with van der Waals surface area (Å²) in [5.74, 6) is 0. The van der Waals surface area contributed by atoms with E-state index in [0.717, 1.165) is 0 Å². The fraction of sp³-hybridized carbons (Fsp3) is 1.00.